The molecule has 0 aliphatic rings. The lowest BCUT2D eigenvalue weighted by atomic mass is 10.3. The minimum absolute atomic E-state index is 0.0903. The molecular weight excluding hydrogens is 326 g/mol. The van der Waals surface area contributed by atoms with Crippen LogP contribution in [0.3, 0.4) is 0 Å². The molecule has 0 fully saturated rings. The molecule has 0 saturated heterocycles. The molecule has 0 amide bonds. The van der Waals surface area contributed by atoms with Crippen LogP contribution in [0.4, 0.5) is 8.78 Å². The number of nitrogens with zero attached hydrogens (tertiary/aromatic N) is 1. The van der Waals surface area contributed by atoms with Gasteiger partial charge in [0.05, 0.1) is 22.3 Å². The van der Waals surface area contributed by atoms with Gasteiger partial charge in [-0.1, -0.05) is 0 Å². The Kier molecular flexibility index (Phi) is 4.31. The van der Waals surface area contributed by atoms with Crippen LogP contribution in [0.15, 0.2) is 6.07 Å². The molecule has 6 heteroatoms. The first-order chi connectivity index (χ1) is 6.60. The molecule has 0 aliphatic carbocycles. The lowest BCUT2D eigenvalue weighted by Gasteiger charge is -2.09. The molecule has 1 heterocycles. The Balaban J connectivity index is 3.27. The second-order valence-electron chi connectivity index (χ2n) is 2.45. The van der Waals surface area contributed by atoms with Crippen LogP contribution in [0.1, 0.15) is 17.8 Å². The van der Waals surface area contributed by atoms with Crippen molar-refractivity contribution in [3.63, 3.8) is 0 Å². The predicted molar refractivity (Wildman–Crippen MR) is 58.0 cm³/mol. The Morgan fingerprint density at radius 2 is 2.29 bits per heavy atom. The van der Waals surface area contributed by atoms with Gasteiger partial charge in [0.1, 0.15) is 11.4 Å². The second-order valence-corrected chi connectivity index (χ2v) is 3.80. The average Bonchev–Trinajstić information content (AvgIpc) is 2.17. The van der Waals surface area contributed by atoms with Gasteiger partial charge in [0.15, 0.2) is 0 Å². The molecule has 14 heavy (non-hydrogen) atoms. The maximum absolute atomic E-state index is 12.5. The number of ether oxygens (including phenoxy) is 1. The molecular formula is C8H7ClF2INO. The van der Waals surface area contributed by atoms with Crippen molar-refractivity contribution in [1.82, 2.24) is 4.98 Å². The Morgan fingerprint density at radius 1 is 1.64 bits per heavy atom. The van der Waals surface area contributed by atoms with E-state index in [1.807, 2.05) is 0 Å². The Hall–Kier alpha value is -0.170. The summed E-state index contributed by atoms with van der Waals surface area (Å²) in [4.78, 5) is 3.73. The van der Waals surface area contributed by atoms with Crippen molar-refractivity contribution in [3.05, 3.63) is 21.0 Å². The number of alkyl halides is 3. The summed E-state index contributed by atoms with van der Waals surface area (Å²) in [5.41, 5.74) is 0.111. The number of hydrogen-bond donors (Lipinski definition) is 0. The van der Waals surface area contributed by atoms with Crippen LogP contribution in [0.5, 0.6) is 5.75 Å². The van der Waals surface area contributed by atoms with Crippen molar-refractivity contribution >= 4 is 34.2 Å². The third-order valence-electron chi connectivity index (χ3n) is 1.57. The molecule has 2 nitrogen and oxygen atoms in total. The van der Waals surface area contributed by atoms with E-state index in [1.54, 1.807) is 28.7 Å². The van der Waals surface area contributed by atoms with Gasteiger partial charge < -0.3 is 4.74 Å². The molecule has 0 aliphatic heterocycles. The molecule has 1 rings (SSSR count). The van der Waals surface area contributed by atoms with Gasteiger partial charge in [0.2, 0.25) is 0 Å². The highest BCUT2D eigenvalue weighted by atomic mass is 127. The highest BCUT2D eigenvalue weighted by Gasteiger charge is 2.18. The van der Waals surface area contributed by atoms with E-state index in [-0.39, 0.29) is 11.6 Å². The summed E-state index contributed by atoms with van der Waals surface area (Å²) >= 11 is 7.30. The van der Waals surface area contributed by atoms with Crippen molar-refractivity contribution in [2.75, 3.05) is 7.11 Å². The van der Waals surface area contributed by atoms with Gasteiger partial charge in [-0.2, -0.15) is 0 Å². The van der Waals surface area contributed by atoms with Crippen LogP contribution in [-0.2, 0) is 5.88 Å². The molecule has 0 N–H and O–H groups in total. The number of rotatable bonds is 3. The molecule has 0 aromatic carbocycles. The lowest BCUT2D eigenvalue weighted by Crippen LogP contribution is -2.01. The standard InChI is InChI=1S/C8H7ClF2INO/c1-14-5-2-4(3-9)13-7(6(5)12)8(10)11/h2,8H,3H2,1H3. The smallest absolute Gasteiger partial charge is 0.281 e. The first kappa shape index (κ1) is 11.9. The number of pyridine rings is 1. The van der Waals surface area contributed by atoms with Gasteiger partial charge in [0.25, 0.3) is 6.43 Å². The van der Waals surface area contributed by atoms with E-state index in [1.165, 1.54) is 7.11 Å². The van der Waals surface area contributed by atoms with Crippen molar-refractivity contribution in [3.8, 4) is 5.75 Å². The van der Waals surface area contributed by atoms with Crippen molar-refractivity contribution < 1.29 is 13.5 Å². The number of hydrogen-bond acceptors (Lipinski definition) is 2. The van der Waals surface area contributed by atoms with E-state index in [0.717, 1.165) is 0 Å². The van der Waals surface area contributed by atoms with E-state index in [9.17, 15) is 8.78 Å². The molecule has 1 aromatic rings. The van der Waals surface area contributed by atoms with Crippen molar-refractivity contribution in [1.29, 1.82) is 0 Å². The summed E-state index contributed by atoms with van der Waals surface area (Å²) in [6.07, 6.45) is -2.61. The van der Waals surface area contributed by atoms with Crippen molar-refractivity contribution in [2.24, 2.45) is 0 Å². The molecule has 78 valence electrons. The summed E-state index contributed by atoms with van der Waals surface area (Å²) in [6.45, 7) is 0. The molecule has 0 saturated carbocycles. The number of methoxy groups -OCH3 is 1. The van der Waals surface area contributed by atoms with Gasteiger partial charge in [0, 0.05) is 6.07 Å². The van der Waals surface area contributed by atoms with Crippen LogP contribution in [0.25, 0.3) is 0 Å². The number of halogens is 4. The van der Waals surface area contributed by atoms with E-state index >= 15 is 0 Å². The van der Waals surface area contributed by atoms with Crippen molar-refractivity contribution in [2.45, 2.75) is 12.3 Å². The average molecular weight is 334 g/mol. The van der Waals surface area contributed by atoms with E-state index < -0.39 is 6.43 Å². The molecule has 0 radical (unpaired) electrons. The highest BCUT2D eigenvalue weighted by Crippen LogP contribution is 2.30. The zero-order valence-corrected chi connectivity index (χ0v) is 10.1. The fourth-order valence-electron chi connectivity index (χ4n) is 0.939. The first-order valence-electron chi connectivity index (χ1n) is 3.67. The fourth-order valence-corrected chi connectivity index (χ4v) is 1.81. The Morgan fingerprint density at radius 3 is 2.71 bits per heavy atom. The van der Waals surface area contributed by atoms with Gasteiger partial charge >= 0.3 is 0 Å². The fraction of sp³-hybridized carbons (Fsp3) is 0.375. The second kappa shape index (κ2) is 5.06. The van der Waals surface area contributed by atoms with Crippen LogP contribution in [0.2, 0.25) is 0 Å². The lowest BCUT2D eigenvalue weighted by molar-refractivity contribution is 0.144. The van der Waals surface area contributed by atoms with E-state index in [4.69, 9.17) is 16.3 Å². The summed E-state index contributed by atoms with van der Waals surface area (Å²) in [7, 11) is 1.42. The third kappa shape index (κ3) is 2.44. The Bertz CT molecular complexity index is 335. The molecule has 0 spiro atoms. The summed E-state index contributed by atoms with van der Waals surface area (Å²) < 4.78 is 30.3. The summed E-state index contributed by atoms with van der Waals surface area (Å²) in [5, 5.41) is 0. The molecule has 0 bridgehead atoms. The monoisotopic (exact) mass is 333 g/mol. The summed E-state index contributed by atoms with van der Waals surface area (Å²) in [5.74, 6) is 0.471. The zero-order chi connectivity index (χ0) is 10.7. The zero-order valence-electron chi connectivity index (χ0n) is 7.23. The normalized spacial score (nSPS) is 10.7. The minimum Gasteiger partial charge on any atom is -0.496 e. The van der Waals surface area contributed by atoms with E-state index in [0.29, 0.717) is 15.0 Å². The first-order valence-corrected chi connectivity index (χ1v) is 5.29. The van der Waals surface area contributed by atoms with E-state index in [2.05, 4.69) is 4.98 Å². The SMILES string of the molecule is COc1cc(CCl)nc(C(F)F)c1I. The van der Waals surface area contributed by atoms with Crippen LogP contribution < -0.4 is 4.74 Å². The van der Waals surface area contributed by atoms with Gasteiger partial charge in [-0.05, 0) is 22.6 Å². The molecule has 0 atom stereocenters. The molecule has 0 unspecified atom stereocenters. The largest absolute Gasteiger partial charge is 0.496 e. The minimum atomic E-state index is -2.61. The quantitative estimate of drug-likeness (QED) is 0.625. The van der Waals surface area contributed by atoms with Gasteiger partial charge in [-0.15, -0.1) is 11.6 Å². The highest BCUT2D eigenvalue weighted by molar-refractivity contribution is 14.1. The van der Waals surface area contributed by atoms with Crippen LogP contribution >= 0.6 is 34.2 Å². The molecule has 1 aromatic heterocycles. The number of aromatic nitrogens is 1. The predicted octanol–water partition coefficient (Wildman–Crippen LogP) is 3.37. The Labute approximate surface area is 98.8 Å². The summed E-state index contributed by atoms with van der Waals surface area (Å²) in [6, 6.07) is 1.56. The topological polar surface area (TPSA) is 22.1 Å². The maximum Gasteiger partial charge on any atom is 0.281 e. The third-order valence-corrected chi connectivity index (χ3v) is 2.92. The van der Waals surface area contributed by atoms with Gasteiger partial charge in [-0.3, -0.25) is 0 Å². The maximum atomic E-state index is 12.5. The van der Waals surface area contributed by atoms with Gasteiger partial charge in [-0.25, -0.2) is 13.8 Å². The van der Waals surface area contributed by atoms with Crippen LogP contribution in [-0.4, -0.2) is 12.1 Å². The van der Waals surface area contributed by atoms with Crippen LogP contribution in [0, 0.1) is 3.57 Å².